The molecule has 0 fully saturated rings. The number of carboxylic acid groups (broad SMARTS) is 1. The van der Waals surface area contributed by atoms with Crippen molar-refractivity contribution in [3.8, 4) is 0 Å². The molecule has 0 aliphatic rings. The highest BCUT2D eigenvalue weighted by Crippen LogP contribution is 2.10. The topological polar surface area (TPSA) is 102 Å². The molecule has 0 heterocycles. The Morgan fingerprint density at radius 2 is 1.31 bits per heavy atom. The van der Waals surface area contributed by atoms with Crippen molar-refractivity contribution in [1.29, 1.82) is 0 Å². The van der Waals surface area contributed by atoms with Crippen LogP contribution in [0, 0.1) is 0 Å². The van der Waals surface area contributed by atoms with Crippen LogP contribution in [0.3, 0.4) is 0 Å². The summed E-state index contributed by atoms with van der Waals surface area (Å²) in [4.78, 5) is 11.1. The highest BCUT2D eigenvalue weighted by atomic mass is 16.4. The second-order valence-corrected chi connectivity index (χ2v) is 7.45. The molecule has 0 aromatic heterocycles. The van der Waals surface area contributed by atoms with E-state index < -0.39 is 24.2 Å². The fraction of sp³-hybridized carbons (Fsp3) is 0.950. The second-order valence-electron chi connectivity index (χ2n) is 7.45. The van der Waals surface area contributed by atoms with Crippen LogP contribution in [0.15, 0.2) is 0 Å². The molecule has 0 aliphatic carbocycles. The molecule has 0 amide bonds. The molecule has 0 saturated heterocycles. The first-order valence-corrected chi connectivity index (χ1v) is 10.5. The average Bonchev–Trinajstić information content (AvgIpc) is 2.57. The lowest BCUT2D eigenvalue weighted by molar-refractivity contribution is -0.142. The number of aliphatic carboxylic acids is 1. The van der Waals surface area contributed by atoms with Gasteiger partial charge in [-0.05, 0) is 26.8 Å². The molecule has 6 heteroatoms. The van der Waals surface area contributed by atoms with Gasteiger partial charge in [0.05, 0.1) is 12.2 Å². The van der Waals surface area contributed by atoms with Gasteiger partial charge in [-0.25, -0.2) is 0 Å². The van der Waals surface area contributed by atoms with Gasteiger partial charge in [0.2, 0.25) is 0 Å². The van der Waals surface area contributed by atoms with Gasteiger partial charge in [-0.1, -0.05) is 64.7 Å². The summed E-state index contributed by atoms with van der Waals surface area (Å²) >= 11 is 0. The third kappa shape index (κ3) is 13.5. The zero-order chi connectivity index (χ0) is 19.8. The second kappa shape index (κ2) is 16.5. The minimum Gasteiger partial charge on any atom is -0.480 e. The normalized spacial score (nSPS) is 16.2. The molecule has 0 saturated carbocycles. The Balaban J connectivity index is 3.76. The fourth-order valence-corrected chi connectivity index (χ4v) is 3.03. The number of hydrogen-bond donors (Lipinski definition) is 5. The van der Waals surface area contributed by atoms with Crippen LogP contribution in [-0.2, 0) is 4.79 Å². The van der Waals surface area contributed by atoms with Crippen LogP contribution >= 0.6 is 0 Å². The number of hydrogen-bond acceptors (Lipinski definition) is 5. The summed E-state index contributed by atoms with van der Waals surface area (Å²) < 4.78 is 0. The molecule has 6 nitrogen and oxygen atoms in total. The molecule has 26 heavy (non-hydrogen) atoms. The molecule has 0 aliphatic heterocycles. The van der Waals surface area contributed by atoms with Crippen LogP contribution < -0.4 is 10.6 Å². The van der Waals surface area contributed by atoms with Gasteiger partial charge in [-0.3, -0.25) is 4.79 Å². The van der Waals surface area contributed by atoms with Gasteiger partial charge in [0.1, 0.15) is 6.04 Å². The van der Waals surface area contributed by atoms with Crippen molar-refractivity contribution in [3.63, 3.8) is 0 Å². The summed E-state index contributed by atoms with van der Waals surface area (Å²) in [5, 5.41) is 34.5. The van der Waals surface area contributed by atoms with Crippen LogP contribution in [0.5, 0.6) is 0 Å². The zero-order valence-electron chi connectivity index (χ0n) is 17.0. The van der Waals surface area contributed by atoms with Gasteiger partial charge in [-0.15, -0.1) is 0 Å². The number of aliphatic hydroxyl groups is 2. The van der Waals surface area contributed by atoms with Crippen LogP contribution in [0.1, 0.15) is 85.0 Å². The van der Waals surface area contributed by atoms with E-state index in [-0.39, 0.29) is 6.04 Å². The first kappa shape index (κ1) is 25.3. The van der Waals surface area contributed by atoms with Crippen LogP contribution in [-0.4, -0.2) is 58.7 Å². The van der Waals surface area contributed by atoms with Crippen molar-refractivity contribution >= 4 is 5.97 Å². The van der Waals surface area contributed by atoms with E-state index in [0.29, 0.717) is 6.54 Å². The first-order valence-electron chi connectivity index (χ1n) is 10.5. The summed E-state index contributed by atoms with van der Waals surface area (Å²) in [7, 11) is 0. The Bertz CT molecular complexity index is 338. The lowest BCUT2D eigenvalue weighted by Crippen LogP contribution is -2.53. The van der Waals surface area contributed by atoms with E-state index in [1.54, 1.807) is 6.92 Å². The fourth-order valence-electron chi connectivity index (χ4n) is 3.03. The van der Waals surface area contributed by atoms with E-state index in [0.717, 1.165) is 13.0 Å². The molecule has 4 atom stereocenters. The summed E-state index contributed by atoms with van der Waals surface area (Å²) in [6.07, 6.45) is 11.3. The van der Waals surface area contributed by atoms with Crippen LogP contribution in [0.4, 0.5) is 0 Å². The van der Waals surface area contributed by atoms with E-state index in [9.17, 15) is 15.0 Å². The average molecular weight is 375 g/mol. The maximum absolute atomic E-state index is 11.1. The van der Waals surface area contributed by atoms with Gasteiger partial charge >= 0.3 is 5.97 Å². The van der Waals surface area contributed by atoms with Crippen molar-refractivity contribution in [1.82, 2.24) is 10.6 Å². The molecule has 156 valence electrons. The highest BCUT2D eigenvalue weighted by Gasteiger charge is 2.24. The molecule has 0 rings (SSSR count). The largest absolute Gasteiger partial charge is 0.480 e. The van der Waals surface area contributed by atoms with E-state index >= 15 is 0 Å². The minimum atomic E-state index is -1.08. The maximum Gasteiger partial charge on any atom is 0.323 e. The smallest absolute Gasteiger partial charge is 0.323 e. The quantitative estimate of drug-likeness (QED) is 0.236. The van der Waals surface area contributed by atoms with E-state index in [1.165, 1.54) is 64.7 Å². The third-order valence-electron chi connectivity index (χ3n) is 4.83. The van der Waals surface area contributed by atoms with Gasteiger partial charge < -0.3 is 26.0 Å². The number of nitrogens with one attached hydrogen (secondary N) is 2. The highest BCUT2D eigenvalue weighted by molar-refractivity contribution is 5.74. The lowest BCUT2D eigenvalue weighted by atomic mass is 10.1. The molecule has 0 radical (unpaired) electrons. The van der Waals surface area contributed by atoms with Gasteiger partial charge in [0.25, 0.3) is 0 Å². The third-order valence-corrected chi connectivity index (χ3v) is 4.83. The van der Waals surface area contributed by atoms with Crippen molar-refractivity contribution in [2.45, 2.75) is 109 Å². The Morgan fingerprint density at radius 3 is 1.73 bits per heavy atom. The summed E-state index contributed by atoms with van der Waals surface area (Å²) in [6.45, 7) is 6.48. The predicted octanol–water partition coefficient (Wildman–Crippen LogP) is 2.67. The Labute approximate surface area is 159 Å². The Morgan fingerprint density at radius 1 is 0.808 bits per heavy atom. The van der Waals surface area contributed by atoms with Crippen molar-refractivity contribution in [2.75, 3.05) is 13.1 Å². The lowest BCUT2D eigenvalue weighted by Gasteiger charge is -2.25. The van der Waals surface area contributed by atoms with E-state index in [1.807, 2.05) is 0 Å². The number of carboxylic acids is 1. The molecular weight excluding hydrogens is 332 g/mol. The number of unbranched alkanes of at least 4 members (excludes halogenated alkanes) is 9. The SMILES string of the molecule is CCCCCCCCCCCCNC(CNC(C(=O)O)C(C)O)C(C)O. The standard InChI is InChI=1S/C20H42N2O4/c1-4-5-6-7-8-9-10-11-12-13-14-21-18(16(2)23)15-22-19(17(3)24)20(25)26/h16-19,21-24H,4-15H2,1-3H3,(H,25,26). The monoisotopic (exact) mass is 374 g/mol. The van der Waals surface area contributed by atoms with Gasteiger partial charge in [0, 0.05) is 12.6 Å². The van der Waals surface area contributed by atoms with Gasteiger partial charge in [-0.2, -0.15) is 0 Å². The van der Waals surface area contributed by atoms with E-state index in [4.69, 9.17) is 5.11 Å². The van der Waals surface area contributed by atoms with Crippen molar-refractivity contribution < 1.29 is 20.1 Å². The zero-order valence-corrected chi connectivity index (χ0v) is 17.0. The van der Waals surface area contributed by atoms with Crippen molar-refractivity contribution in [2.24, 2.45) is 0 Å². The first-order chi connectivity index (χ1) is 12.4. The molecule has 0 aromatic rings. The van der Waals surface area contributed by atoms with Crippen LogP contribution in [0.25, 0.3) is 0 Å². The molecular formula is C20H42N2O4. The number of carbonyl (C=O) groups is 1. The number of rotatable bonds is 18. The Kier molecular flexibility index (Phi) is 16.0. The number of aliphatic hydroxyl groups excluding tert-OH is 2. The summed E-state index contributed by atoms with van der Waals surface area (Å²) in [5.41, 5.74) is 0. The van der Waals surface area contributed by atoms with Crippen molar-refractivity contribution in [3.05, 3.63) is 0 Å². The summed E-state index contributed by atoms with van der Waals surface area (Å²) in [5.74, 6) is -1.08. The summed E-state index contributed by atoms with van der Waals surface area (Å²) in [6, 6.07) is -1.25. The van der Waals surface area contributed by atoms with Crippen LogP contribution in [0.2, 0.25) is 0 Å². The van der Waals surface area contributed by atoms with E-state index in [2.05, 4.69) is 17.6 Å². The molecule has 4 unspecified atom stereocenters. The Hall–Kier alpha value is -0.690. The molecule has 0 spiro atoms. The predicted molar refractivity (Wildman–Crippen MR) is 106 cm³/mol. The molecule has 5 N–H and O–H groups in total. The maximum atomic E-state index is 11.1. The molecule has 0 aromatic carbocycles. The minimum absolute atomic E-state index is 0.228. The van der Waals surface area contributed by atoms with Gasteiger partial charge in [0.15, 0.2) is 0 Å². The molecule has 0 bridgehead atoms.